The molecule has 5 N–H and O–H groups in total. The van der Waals surface area contributed by atoms with E-state index in [2.05, 4.69) is 24.5 Å². The second-order valence-corrected chi connectivity index (χ2v) is 12.1. The molecule has 3 saturated heterocycles. The number of carbonyl (C=O) groups is 1. The molecule has 2 bridgehead atoms. The third-order valence-corrected chi connectivity index (χ3v) is 8.95. The molecule has 0 saturated carbocycles. The zero-order valence-electron chi connectivity index (χ0n) is 20.6. The fraction of sp³-hybridized carbons (Fsp3) is 0.880. The van der Waals surface area contributed by atoms with E-state index in [9.17, 15) is 24.5 Å². The summed E-state index contributed by atoms with van der Waals surface area (Å²) in [5.41, 5.74) is -0.897. The van der Waals surface area contributed by atoms with Gasteiger partial charge in [-0.15, -0.1) is 11.8 Å². The van der Waals surface area contributed by atoms with E-state index in [1.54, 1.807) is 12.2 Å². The first kappa shape index (κ1) is 27.3. The molecule has 4 rings (SSSR count). The molecular formula is C25H41FN2O6S. The molecule has 1 amide bonds. The van der Waals surface area contributed by atoms with Crippen LogP contribution in [-0.2, 0) is 14.3 Å². The van der Waals surface area contributed by atoms with Crippen molar-refractivity contribution in [3.8, 4) is 0 Å². The Morgan fingerprint density at radius 2 is 1.94 bits per heavy atom. The fourth-order valence-electron chi connectivity index (χ4n) is 5.92. The molecule has 35 heavy (non-hydrogen) atoms. The number of amides is 1. The van der Waals surface area contributed by atoms with Crippen LogP contribution in [0.15, 0.2) is 12.2 Å². The Morgan fingerprint density at radius 3 is 2.71 bits per heavy atom. The number of allylic oxidation sites excluding steroid dienone is 1. The Morgan fingerprint density at radius 1 is 1.17 bits per heavy atom. The quantitative estimate of drug-likeness (QED) is 0.353. The molecule has 3 fully saturated rings. The molecule has 0 aliphatic carbocycles. The second kappa shape index (κ2) is 12.2. The zero-order valence-corrected chi connectivity index (χ0v) is 21.4. The van der Waals surface area contributed by atoms with Gasteiger partial charge in [-0.25, -0.2) is 4.39 Å². The lowest BCUT2D eigenvalue weighted by molar-refractivity contribution is -0.205. The van der Waals surface area contributed by atoms with Gasteiger partial charge in [0.25, 0.3) is 0 Å². The number of hydrogen-bond donors (Lipinski definition) is 5. The van der Waals surface area contributed by atoms with E-state index >= 15 is 0 Å². The van der Waals surface area contributed by atoms with Crippen LogP contribution in [-0.4, -0.2) is 94.3 Å². The summed E-state index contributed by atoms with van der Waals surface area (Å²) in [5.74, 6) is 1.34. The minimum atomic E-state index is -1.45. The van der Waals surface area contributed by atoms with Gasteiger partial charge in [-0.1, -0.05) is 26.0 Å². The van der Waals surface area contributed by atoms with Crippen LogP contribution in [0.1, 0.15) is 46.0 Å². The molecule has 0 aromatic heterocycles. The Labute approximate surface area is 211 Å². The van der Waals surface area contributed by atoms with E-state index in [1.807, 2.05) is 0 Å². The molecule has 10 heteroatoms. The SMILES string of the molecule is CC(C)C[C@@H]1CCO[C@@H]2[C@H](CN[C@@H]2C(=O)N[C@@H]2C/C=C\CC(F)CSC3OC2C(O)C(O)C3O)C1. The predicted octanol–water partition coefficient (Wildman–Crippen LogP) is 1.13. The van der Waals surface area contributed by atoms with Crippen LogP contribution in [0.4, 0.5) is 4.39 Å². The van der Waals surface area contributed by atoms with Crippen molar-refractivity contribution in [2.24, 2.45) is 17.8 Å². The second-order valence-electron chi connectivity index (χ2n) is 10.9. The van der Waals surface area contributed by atoms with Gasteiger partial charge in [0, 0.05) is 18.9 Å². The van der Waals surface area contributed by atoms with Gasteiger partial charge < -0.3 is 35.4 Å². The van der Waals surface area contributed by atoms with Crippen LogP contribution in [0.3, 0.4) is 0 Å². The number of aliphatic hydroxyl groups excluding tert-OH is 3. The third-order valence-electron chi connectivity index (χ3n) is 7.67. The van der Waals surface area contributed by atoms with E-state index in [0.29, 0.717) is 31.4 Å². The van der Waals surface area contributed by atoms with Crippen molar-refractivity contribution in [3.05, 3.63) is 12.2 Å². The molecule has 0 aromatic rings. The van der Waals surface area contributed by atoms with Gasteiger partial charge >= 0.3 is 0 Å². The Balaban J connectivity index is 1.46. The Hall–Kier alpha value is -0.750. The van der Waals surface area contributed by atoms with Gasteiger partial charge in [-0.2, -0.15) is 0 Å². The van der Waals surface area contributed by atoms with E-state index in [4.69, 9.17) is 9.47 Å². The highest BCUT2D eigenvalue weighted by molar-refractivity contribution is 7.99. The Bertz CT molecular complexity index is 745. The summed E-state index contributed by atoms with van der Waals surface area (Å²) in [6.07, 6.45) is 0.740. The highest BCUT2D eigenvalue weighted by atomic mass is 32.2. The van der Waals surface area contributed by atoms with E-state index in [0.717, 1.165) is 31.0 Å². The molecule has 0 radical (unpaired) electrons. The molecule has 6 unspecified atom stereocenters. The monoisotopic (exact) mass is 516 g/mol. The largest absolute Gasteiger partial charge is 0.388 e. The number of hydrogen-bond acceptors (Lipinski definition) is 8. The fourth-order valence-corrected chi connectivity index (χ4v) is 7.02. The molecule has 0 spiro atoms. The van der Waals surface area contributed by atoms with Crippen molar-refractivity contribution in [1.82, 2.24) is 10.6 Å². The van der Waals surface area contributed by atoms with Gasteiger partial charge in [-0.05, 0) is 49.9 Å². The lowest BCUT2D eigenvalue weighted by atomic mass is 9.85. The van der Waals surface area contributed by atoms with Crippen LogP contribution in [0.25, 0.3) is 0 Å². The van der Waals surface area contributed by atoms with E-state index < -0.39 is 48.1 Å². The van der Waals surface area contributed by atoms with Crippen molar-refractivity contribution < 1.29 is 34.0 Å². The molecule has 200 valence electrons. The third kappa shape index (κ3) is 6.58. The maximum absolute atomic E-state index is 14.2. The van der Waals surface area contributed by atoms with Gasteiger partial charge in [0.1, 0.15) is 42.1 Å². The number of halogens is 1. The van der Waals surface area contributed by atoms with Crippen LogP contribution in [0.2, 0.25) is 0 Å². The van der Waals surface area contributed by atoms with Crippen LogP contribution in [0.5, 0.6) is 0 Å². The lowest BCUT2D eigenvalue weighted by Gasteiger charge is -2.43. The number of carbonyl (C=O) groups excluding carboxylic acids is 1. The average molecular weight is 517 g/mol. The van der Waals surface area contributed by atoms with Gasteiger partial charge in [0.15, 0.2) is 0 Å². The minimum absolute atomic E-state index is 0.100. The smallest absolute Gasteiger partial charge is 0.240 e. The van der Waals surface area contributed by atoms with Crippen LogP contribution in [0, 0.1) is 17.8 Å². The molecule has 4 heterocycles. The van der Waals surface area contributed by atoms with Crippen LogP contribution < -0.4 is 10.6 Å². The predicted molar refractivity (Wildman–Crippen MR) is 132 cm³/mol. The van der Waals surface area contributed by atoms with Crippen molar-refractivity contribution in [1.29, 1.82) is 0 Å². The molecular weight excluding hydrogens is 475 g/mol. The van der Waals surface area contributed by atoms with Crippen molar-refractivity contribution >= 4 is 17.7 Å². The molecule has 0 aromatic carbocycles. The number of fused-ring (bicyclic) bond motifs is 3. The lowest BCUT2D eigenvalue weighted by Crippen LogP contribution is -2.63. The normalized spacial score (nSPS) is 45.7. The minimum Gasteiger partial charge on any atom is -0.388 e. The first-order valence-corrected chi connectivity index (χ1v) is 14.0. The van der Waals surface area contributed by atoms with E-state index in [-0.39, 0.29) is 30.1 Å². The average Bonchev–Trinajstić information content (AvgIpc) is 3.08. The Kier molecular flexibility index (Phi) is 9.51. The first-order valence-electron chi connectivity index (χ1n) is 13.0. The number of thioether (sulfide) groups is 1. The van der Waals surface area contributed by atoms with E-state index in [1.165, 1.54) is 0 Å². The molecule has 4 aliphatic rings. The maximum atomic E-state index is 14.2. The summed E-state index contributed by atoms with van der Waals surface area (Å²) in [7, 11) is 0. The number of aliphatic hydroxyl groups is 3. The summed E-state index contributed by atoms with van der Waals surface area (Å²) in [6.45, 7) is 5.81. The zero-order chi connectivity index (χ0) is 25.1. The number of ether oxygens (including phenoxy) is 2. The highest BCUT2D eigenvalue weighted by Gasteiger charge is 2.49. The summed E-state index contributed by atoms with van der Waals surface area (Å²) in [6, 6.07) is -1.17. The number of alkyl halides is 1. The summed E-state index contributed by atoms with van der Waals surface area (Å²) in [4.78, 5) is 13.4. The van der Waals surface area contributed by atoms with Crippen molar-refractivity contribution in [2.75, 3.05) is 18.9 Å². The summed E-state index contributed by atoms with van der Waals surface area (Å²) < 4.78 is 26.3. The summed E-state index contributed by atoms with van der Waals surface area (Å²) in [5, 5.41) is 37.9. The summed E-state index contributed by atoms with van der Waals surface area (Å²) >= 11 is 1.08. The molecule has 8 nitrogen and oxygen atoms in total. The highest BCUT2D eigenvalue weighted by Crippen LogP contribution is 2.35. The maximum Gasteiger partial charge on any atom is 0.240 e. The van der Waals surface area contributed by atoms with Gasteiger partial charge in [0.05, 0.1) is 12.1 Å². The van der Waals surface area contributed by atoms with Gasteiger partial charge in [-0.3, -0.25) is 4.79 Å². The molecule has 11 atom stereocenters. The number of rotatable bonds is 4. The number of nitrogens with one attached hydrogen (secondary N) is 2. The van der Waals surface area contributed by atoms with Crippen LogP contribution >= 0.6 is 11.8 Å². The van der Waals surface area contributed by atoms with Crippen molar-refractivity contribution in [3.63, 3.8) is 0 Å². The van der Waals surface area contributed by atoms with Crippen molar-refractivity contribution in [2.45, 2.75) is 100 Å². The molecule has 4 aliphatic heterocycles. The standard InChI is InChI=1S/C25H41FN2O6S/c1-13(2)9-14-7-8-33-22-15(10-14)11-27-18(22)24(32)28-17-6-4-3-5-16(26)12-35-25-21(31)19(29)20(30)23(17)34-25/h3-4,13-23,25,27,29-31H,5-12H2,1-2H3,(H,28,32)/b4-3-/t14-,15-,16?,17+,18-,19?,20?,21?,22+,23?,25?/m0/s1. The topological polar surface area (TPSA) is 120 Å². The van der Waals surface area contributed by atoms with Gasteiger partial charge in [0.2, 0.25) is 5.91 Å². The first-order chi connectivity index (χ1) is 16.7.